The van der Waals surface area contributed by atoms with E-state index < -0.39 is 5.54 Å². The summed E-state index contributed by atoms with van der Waals surface area (Å²) in [5.74, 6) is 1.16. The van der Waals surface area contributed by atoms with Gasteiger partial charge in [-0.2, -0.15) is 4.98 Å². The third kappa shape index (κ3) is 5.76. The molecule has 3 heterocycles. The Morgan fingerprint density at radius 3 is 1.88 bits per heavy atom. The van der Waals surface area contributed by atoms with E-state index in [0.29, 0.717) is 18.2 Å². The summed E-state index contributed by atoms with van der Waals surface area (Å²) in [6.07, 6.45) is 5.23. The lowest BCUT2D eigenvalue weighted by atomic mass is 9.77. The van der Waals surface area contributed by atoms with Crippen molar-refractivity contribution in [1.82, 2.24) is 29.8 Å². The van der Waals surface area contributed by atoms with Crippen LogP contribution in [-0.2, 0) is 18.4 Å². The molecule has 0 fully saturated rings. The maximum atomic E-state index is 13.3. The fourth-order valence-corrected chi connectivity index (χ4v) is 7.58. The summed E-state index contributed by atoms with van der Waals surface area (Å²) >= 11 is 0. The van der Waals surface area contributed by atoms with Gasteiger partial charge < -0.3 is 4.57 Å². The molecule has 1 aliphatic rings. The standard InChI is InChI=1S/C44H39N7O/c1-3-4-24-40-39(42(52)46-43-45-30-31(2)50(40)43)29-32-25-27-33(28-26-32)37-22-14-15-23-38(37)41-47-48-49-51(41)44(34-16-8-5-9-17-34,35-18-10-6-11-19-35)36-20-12-7-13-21-36/h5-23,25-28,30-31H,3-4,24,29H2,1-2H3. The minimum Gasteiger partial charge on any atom is -0.306 e. The van der Waals surface area contributed by atoms with Gasteiger partial charge in [-0.25, -0.2) is 9.67 Å². The number of benzene rings is 5. The third-order valence-corrected chi connectivity index (χ3v) is 10.1. The van der Waals surface area contributed by atoms with Crippen LogP contribution in [-0.4, -0.2) is 36.0 Å². The number of fused-ring (bicyclic) bond motifs is 1. The minimum atomic E-state index is -0.866. The zero-order valence-corrected chi connectivity index (χ0v) is 29.3. The molecule has 1 atom stereocenters. The van der Waals surface area contributed by atoms with Crippen LogP contribution in [0.15, 0.2) is 149 Å². The fourth-order valence-electron chi connectivity index (χ4n) is 7.58. The molecule has 0 saturated heterocycles. The van der Waals surface area contributed by atoms with Gasteiger partial charge in [0.25, 0.3) is 5.56 Å². The summed E-state index contributed by atoms with van der Waals surface area (Å²) in [7, 11) is 0. The third-order valence-electron chi connectivity index (χ3n) is 10.1. The Morgan fingerprint density at radius 1 is 0.712 bits per heavy atom. The Kier molecular flexibility index (Phi) is 8.95. The van der Waals surface area contributed by atoms with Gasteiger partial charge in [0, 0.05) is 29.5 Å². The van der Waals surface area contributed by atoms with Gasteiger partial charge in [-0.05, 0) is 63.6 Å². The Balaban J connectivity index is 1.22. The van der Waals surface area contributed by atoms with Crippen molar-refractivity contribution in [2.45, 2.75) is 51.1 Å². The van der Waals surface area contributed by atoms with Crippen molar-refractivity contribution >= 4 is 12.2 Å². The second kappa shape index (κ2) is 14.2. The summed E-state index contributed by atoms with van der Waals surface area (Å²) in [6, 6.07) is 48.1. The summed E-state index contributed by atoms with van der Waals surface area (Å²) in [5.41, 5.74) is 7.84. The summed E-state index contributed by atoms with van der Waals surface area (Å²) in [5, 5.41) is 13.8. The molecule has 7 aromatic rings. The summed E-state index contributed by atoms with van der Waals surface area (Å²) < 4.78 is 4.10. The molecule has 1 unspecified atom stereocenters. The molecule has 0 radical (unpaired) electrons. The van der Waals surface area contributed by atoms with Crippen LogP contribution >= 0.6 is 0 Å². The molecular weight excluding hydrogens is 643 g/mol. The van der Waals surface area contributed by atoms with E-state index in [-0.39, 0.29) is 11.6 Å². The Hall–Kier alpha value is -6.28. The van der Waals surface area contributed by atoms with Crippen LogP contribution in [0, 0.1) is 0 Å². The normalized spacial score (nSPS) is 13.7. The lowest BCUT2D eigenvalue weighted by Crippen LogP contribution is -2.39. The number of hydrogen-bond donors (Lipinski definition) is 0. The predicted octanol–water partition coefficient (Wildman–Crippen LogP) is 8.61. The molecule has 52 heavy (non-hydrogen) atoms. The monoisotopic (exact) mass is 681 g/mol. The van der Waals surface area contributed by atoms with Gasteiger partial charge in [0.1, 0.15) is 5.54 Å². The lowest BCUT2D eigenvalue weighted by molar-refractivity contribution is 0.451. The van der Waals surface area contributed by atoms with E-state index in [1.165, 1.54) is 0 Å². The van der Waals surface area contributed by atoms with Gasteiger partial charge in [0.15, 0.2) is 5.82 Å². The second-order valence-corrected chi connectivity index (χ2v) is 13.3. The van der Waals surface area contributed by atoms with Crippen LogP contribution in [0.4, 0.5) is 5.95 Å². The topological polar surface area (TPSA) is 90.9 Å². The summed E-state index contributed by atoms with van der Waals surface area (Å²) in [4.78, 5) is 22.1. The lowest BCUT2D eigenvalue weighted by Gasteiger charge is -2.36. The molecule has 0 aliphatic carbocycles. The van der Waals surface area contributed by atoms with Gasteiger partial charge in [-0.15, -0.1) is 5.10 Å². The molecule has 0 amide bonds. The number of unbranched alkanes of at least 4 members (excludes halogenated alkanes) is 1. The zero-order valence-electron chi connectivity index (χ0n) is 29.3. The number of rotatable bonds is 11. The number of tetrazole rings is 1. The largest absolute Gasteiger partial charge is 0.306 e. The Morgan fingerprint density at radius 2 is 1.29 bits per heavy atom. The molecule has 0 saturated carbocycles. The molecule has 8 nitrogen and oxygen atoms in total. The number of hydrogen-bond acceptors (Lipinski definition) is 6. The average molecular weight is 682 g/mol. The van der Waals surface area contributed by atoms with E-state index >= 15 is 0 Å². The molecule has 2 aromatic heterocycles. The fraction of sp³-hybridized carbons (Fsp3) is 0.182. The van der Waals surface area contributed by atoms with Crippen molar-refractivity contribution in [1.29, 1.82) is 0 Å². The molecule has 1 aliphatic heterocycles. The first kappa shape index (κ1) is 32.9. The van der Waals surface area contributed by atoms with Crippen molar-refractivity contribution in [3.8, 4) is 22.5 Å². The maximum absolute atomic E-state index is 13.3. The number of nitrogens with zero attached hydrogens (tertiary/aromatic N) is 7. The second-order valence-electron chi connectivity index (χ2n) is 13.3. The van der Waals surface area contributed by atoms with E-state index in [1.54, 1.807) is 0 Å². The highest BCUT2D eigenvalue weighted by Gasteiger charge is 2.42. The van der Waals surface area contributed by atoms with E-state index in [4.69, 9.17) is 10.3 Å². The Labute approximate surface area is 303 Å². The molecule has 256 valence electrons. The molecule has 8 rings (SSSR count). The molecule has 5 aromatic carbocycles. The van der Waals surface area contributed by atoms with E-state index in [0.717, 1.165) is 69.5 Å². The molecule has 0 bridgehead atoms. The summed E-state index contributed by atoms with van der Waals surface area (Å²) in [6.45, 7) is 4.27. The maximum Gasteiger partial charge on any atom is 0.278 e. The quantitative estimate of drug-likeness (QED) is 0.128. The van der Waals surface area contributed by atoms with Crippen LogP contribution in [0.1, 0.15) is 66.2 Å². The van der Waals surface area contributed by atoms with Crippen LogP contribution < -0.4 is 5.56 Å². The molecule has 0 spiro atoms. The zero-order chi connectivity index (χ0) is 35.5. The van der Waals surface area contributed by atoms with Crippen LogP contribution in [0.3, 0.4) is 0 Å². The van der Waals surface area contributed by atoms with Crippen LogP contribution in [0.5, 0.6) is 0 Å². The highest BCUT2D eigenvalue weighted by Crippen LogP contribution is 2.43. The Bertz CT molecular complexity index is 2300. The van der Waals surface area contributed by atoms with Crippen molar-refractivity contribution in [2.75, 3.05) is 0 Å². The predicted molar refractivity (Wildman–Crippen MR) is 206 cm³/mol. The van der Waals surface area contributed by atoms with E-state index in [1.807, 2.05) is 41.2 Å². The number of aromatic nitrogens is 6. The van der Waals surface area contributed by atoms with Crippen molar-refractivity contribution in [3.63, 3.8) is 0 Å². The highest BCUT2D eigenvalue weighted by atomic mass is 16.1. The van der Waals surface area contributed by atoms with Crippen molar-refractivity contribution < 1.29 is 0 Å². The highest BCUT2D eigenvalue weighted by molar-refractivity contribution is 5.81. The first-order valence-corrected chi connectivity index (χ1v) is 17.9. The van der Waals surface area contributed by atoms with E-state index in [2.05, 4.69) is 143 Å². The molecular formula is C44H39N7O. The van der Waals surface area contributed by atoms with E-state index in [9.17, 15) is 4.79 Å². The average Bonchev–Trinajstić information content (AvgIpc) is 3.83. The van der Waals surface area contributed by atoms with Crippen LogP contribution in [0.25, 0.3) is 22.5 Å². The van der Waals surface area contributed by atoms with Gasteiger partial charge in [0.2, 0.25) is 5.95 Å². The molecule has 0 N–H and O–H groups in total. The number of aliphatic imine (C=N–C) groups is 1. The SMILES string of the molecule is CCCCc1c(Cc2ccc(-c3ccccc3-c3nnnn3C(c3ccccc3)(c3ccccc3)c3ccccc3)cc2)c(=O)nc2n1C(C)C=N2. The first-order valence-electron chi connectivity index (χ1n) is 17.9. The van der Waals surface area contributed by atoms with Gasteiger partial charge >= 0.3 is 0 Å². The minimum absolute atomic E-state index is 0.0773. The van der Waals surface area contributed by atoms with Crippen LogP contribution in [0.2, 0.25) is 0 Å². The molecule has 8 heteroatoms. The first-order chi connectivity index (χ1) is 25.6. The van der Waals surface area contributed by atoms with Gasteiger partial charge in [0.05, 0.1) is 6.04 Å². The van der Waals surface area contributed by atoms with Gasteiger partial charge in [-0.1, -0.05) is 153 Å². The smallest absolute Gasteiger partial charge is 0.278 e. The van der Waals surface area contributed by atoms with Crippen molar-refractivity contribution in [3.05, 3.63) is 183 Å². The van der Waals surface area contributed by atoms with Gasteiger partial charge in [-0.3, -0.25) is 4.79 Å². The van der Waals surface area contributed by atoms with Crippen molar-refractivity contribution in [2.24, 2.45) is 4.99 Å².